The zero-order chi connectivity index (χ0) is 9.68. The van der Waals surface area contributed by atoms with Crippen LogP contribution in [0.2, 0.25) is 0 Å². The second-order valence-corrected chi connectivity index (χ2v) is 3.46. The molecule has 0 bridgehead atoms. The molecular weight excluding hydrogens is 171 g/mol. The largest absolute Gasteiger partial charge is 0.378 e. The smallest absolute Gasteiger partial charge is 0.107 e. The van der Waals surface area contributed by atoms with Crippen LogP contribution < -0.4 is 0 Å². The van der Waals surface area contributed by atoms with Crippen LogP contribution in [0.5, 0.6) is 0 Å². The van der Waals surface area contributed by atoms with Crippen molar-refractivity contribution in [1.82, 2.24) is 9.80 Å². The van der Waals surface area contributed by atoms with Crippen LogP contribution in [0.1, 0.15) is 13.3 Å². The monoisotopic (exact) mass is 190 g/mol. The highest BCUT2D eigenvalue weighted by atomic mass is 19.1. The van der Waals surface area contributed by atoms with Gasteiger partial charge in [-0.05, 0) is 6.42 Å². The maximum atomic E-state index is 12.0. The number of hydrogen-bond acceptors (Lipinski definition) is 3. The second-order valence-electron chi connectivity index (χ2n) is 3.46. The highest BCUT2D eigenvalue weighted by molar-refractivity contribution is 4.72. The highest BCUT2D eigenvalue weighted by Gasteiger charge is 2.20. The minimum Gasteiger partial charge on any atom is -0.378 e. The van der Waals surface area contributed by atoms with Crippen molar-refractivity contribution >= 4 is 0 Å². The lowest BCUT2D eigenvalue weighted by atomic mass is 10.3. The topological polar surface area (TPSA) is 26.7 Å². The molecule has 1 aliphatic heterocycles. The second kappa shape index (κ2) is 5.52. The summed E-state index contributed by atoms with van der Waals surface area (Å²) in [5.74, 6) is 0. The van der Waals surface area contributed by atoms with Crippen molar-refractivity contribution in [2.75, 3.05) is 39.4 Å². The molecule has 0 saturated carbocycles. The van der Waals surface area contributed by atoms with Crippen LogP contribution >= 0.6 is 0 Å². The van der Waals surface area contributed by atoms with E-state index < -0.39 is 0 Å². The Balaban J connectivity index is 2.22. The first-order chi connectivity index (χ1) is 6.27. The highest BCUT2D eigenvalue weighted by Crippen LogP contribution is 2.06. The molecule has 78 valence electrons. The molecule has 0 aromatic carbocycles. The Morgan fingerprint density at radius 1 is 1.31 bits per heavy atom. The molecule has 1 rings (SSSR count). The molecule has 0 aromatic rings. The molecule has 1 heterocycles. The molecule has 1 aliphatic rings. The van der Waals surface area contributed by atoms with Crippen molar-refractivity contribution < 1.29 is 9.50 Å². The predicted octanol–water partition coefficient (Wildman–Crippen LogP) is 0.302. The third kappa shape index (κ3) is 3.21. The van der Waals surface area contributed by atoms with Gasteiger partial charge in [-0.15, -0.1) is 0 Å². The van der Waals surface area contributed by atoms with Crippen LogP contribution in [-0.4, -0.2) is 60.5 Å². The Morgan fingerprint density at radius 3 is 2.38 bits per heavy atom. The molecule has 1 fully saturated rings. The van der Waals surface area contributed by atoms with Crippen LogP contribution in [-0.2, 0) is 0 Å². The fourth-order valence-corrected chi connectivity index (χ4v) is 1.66. The number of rotatable bonds is 4. The quantitative estimate of drug-likeness (QED) is 0.691. The molecule has 3 nitrogen and oxygen atoms in total. The predicted molar refractivity (Wildman–Crippen MR) is 50.3 cm³/mol. The molecule has 4 heteroatoms. The summed E-state index contributed by atoms with van der Waals surface area (Å²) in [5.41, 5.74) is 0. The number of alkyl halides is 1. The fourth-order valence-electron chi connectivity index (χ4n) is 1.66. The number of hydrogen-bond donors (Lipinski definition) is 1. The maximum absolute atomic E-state index is 12.0. The van der Waals surface area contributed by atoms with Gasteiger partial charge < -0.3 is 5.11 Å². The number of nitrogens with zero attached hydrogens (tertiary/aromatic N) is 2. The van der Waals surface area contributed by atoms with Crippen LogP contribution in [0.15, 0.2) is 0 Å². The van der Waals surface area contributed by atoms with Gasteiger partial charge in [0.05, 0.1) is 0 Å². The molecule has 1 N–H and O–H groups in total. The molecule has 0 radical (unpaired) electrons. The van der Waals surface area contributed by atoms with Crippen molar-refractivity contribution in [3.8, 4) is 0 Å². The zero-order valence-electron chi connectivity index (χ0n) is 8.25. The number of piperazine rings is 1. The lowest BCUT2D eigenvalue weighted by molar-refractivity contribution is -0.0273. The molecule has 1 saturated heterocycles. The van der Waals surface area contributed by atoms with Gasteiger partial charge in [0, 0.05) is 32.7 Å². The molecule has 0 aliphatic carbocycles. The van der Waals surface area contributed by atoms with Crippen LogP contribution in [0.3, 0.4) is 0 Å². The van der Waals surface area contributed by atoms with E-state index in [0.717, 1.165) is 32.6 Å². The Kier molecular flexibility index (Phi) is 4.62. The minimum absolute atomic E-state index is 0.268. The summed E-state index contributed by atoms with van der Waals surface area (Å²) < 4.78 is 12.0. The molecule has 1 unspecified atom stereocenters. The van der Waals surface area contributed by atoms with Gasteiger partial charge in [-0.2, -0.15) is 0 Å². The Bertz CT molecular complexity index is 138. The van der Waals surface area contributed by atoms with E-state index >= 15 is 0 Å². The lowest BCUT2D eigenvalue weighted by Crippen LogP contribution is -2.50. The van der Waals surface area contributed by atoms with Gasteiger partial charge in [0.25, 0.3) is 0 Å². The van der Waals surface area contributed by atoms with Gasteiger partial charge in [0.1, 0.15) is 12.9 Å². The average Bonchev–Trinajstić information content (AvgIpc) is 2.18. The van der Waals surface area contributed by atoms with E-state index in [9.17, 15) is 9.50 Å². The van der Waals surface area contributed by atoms with Crippen molar-refractivity contribution in [2.45, 2.75) is 19.6 Å². The fraction of sp³-hybridized carbons (Fsp3) is 1.00. The Morgan fingerprint density at radius 2 is 1.92 bits per heavy atom. The van der Waals surface area contributed by atoms with Gasteiger partial charge >= 0.3 is 0 Å². The summed E-state index contributed by atoms with van der Waals surface area (Å²) in [6.07, 6.45) is 0.454. The van der Waals surface area contributed by atoms with E-state index in [1.807, 2.05) is 6.92 Å². The van der Waals surface area contributed by atoms with E-state index in [1.54, 1.807) is 0 Å². The summed E-state index contributed by atoms with van der Waals surface area (Å²) in [5, 5.41) is 9.53. The third-order valence-electron chi connectivity index (χ3n) is 2.59. The van der Waals surface area contributed by atoms with Crippen LogP contribution in [0.4, 0.5) is 4.39 Å². The van der Waals surface area contributed by atoms with Crippen LogP contribution in [0.25, 0.3) is 0 Å². The SMILES string of the molecule is CCC(O)N1CCN(CCF)CC1. The molecule has 0 amide bonds. The number of aliphatic hydroxyl groups excluding tert-OH is 1. The lowest BCUT2D eigenvalue weighted by Gasteiger charge is -2.36. The van der Waals surface area contributed by atoms with Crippen LogP contribution in [0, 0.1) is 0 Å². The Labute approximate surface area is 79.1 Å². The summed E-state index contributed by atoms with van der Waals surface area (Å²) in [4.78, 5) is 4.15. The summed E-state index contributed by atoms with van der Waals surface area (Å²) in [6.45, 7) is 5.71. The van der Waals surface area contributed by atoms with Gasteiger partial charge in [-0.25, -0.2) is 4.39 Å². The summed E-state index contributed by atoms with van der Waals surface area (Å²) >= 11 is 0. The summed E-state index contributed by atoms with van der Waals surface area (Å²) in [6, 6.07) is 0. The van der Waals surface area contributed by atoms with Crippen molar-refractivity contribution in [1.29, 1.82) is 0 Å². The van der Waals surface area contributed by atoms with Gasteiger partial charge in [0.2, 0.25) is 0 Å². The van der Waals surface area contributed by atoms with Crippen molar-refractivity contribution in [2.24, 2.45) is 0 Å². The van der Waals surface area contributed by atoms with Gasteiger partial charge in [-0.3, -0.25) is 9.80 Å². The van der Waals surface area contributed by atoms with E-state index in [-0.39, 0.29) is 12.9 Å². The van der Waals surface area contributed by atoms with E-state index in [4.69, 9.17) is 0 Å². The number of halogens is 1. The maximum Gasteiger partial charge on any atom is 0.107 e. The molecular formula is C9H19FN2O. The molecule has 0 aromatic heterocycles. The average molecular weight is 190 g/mol. The normalized spacial score (nSPS) is 23.3. The van der Waals surface area contributed by atoms with E-state index in [1.165, 1.54) is 0 Å². The zero-order valence-corrected chi connectivity index (χ0v) is 8.25. The molecule has 1 atom stereocenters. The van der Waals surface area contributed by atoms with Gasteiger partial charge in [-0.1, -0.05) is 6.92 Å². The van der Waals surface area contributed by atoms with Crippen molar-refractivity contribution in [3.05, 3.63) is 0 Å². The van der Waals surface area contributed by atoms with E-state index in [0.29, 0.717) is 6.54 Å². The van der Waals surface area contributed by atoms with E-state index in [2.05, 4.69) is 9.80 Å². The Hall–Kier alpha value is -0.190. The molecule has 13 heavy (non-hydrogen) atoms. The first-order valence-electron chi connectivity index (χ1n) is 4.98. The van der Waals surface area contributed by atoms with Gasteiger partial charge in [0.15, 0.2) is 0 Å². The summed E-state index contributed by atoms with van der Waals surface area (Å²) in [7, 11) is 0. The first kappa shape index (κ1) is 10.9. The number of aliphatic hydroxyl groups is 1. The third-order valence-corrected chi connectivity index (χ3v) is 2.59. The molecule has 0 spiro atoms. The minimum atomic E-state index is -0.312. The first-order valence-corrected chi connectivity index (χ1v) is 4.98. The standard InChI is InChI=1S/C9H19FN2O/c1-2-9(13)12-7-5-11(4-3-10)6-8-12/h9,13H,2-8H2,1H3. The van der Waals surface area contributed by atoms with Crippen molar-refractivity contribution in [3.63, 3.8) is 0 Å².